The van der Waals surface area contributed by atoms with E-state index in [0.717, 1.165) is 6.26 Å². The smallest absolute Gasteiger partial charge is 0.238 e. The summed E-state index contributed by atoms with van der Waals surface area (Å²) in [6.07, 6.45) is 0.942. The normalized spacial score (nSPS) is 16.0. The van der Waals surface area contributed by atoms with Crippen molar-refractivity contribution in [1.29, 1.82) is 0 Å². The van der Waals surface area contributed by atoms with Crippen molar-refractivity contribution in [3.8, 4) is 0 Å². The average molecular weight is 223 g/mol. The number of carbonyl (C=O) groups is 1. The fourth-order valence-corrected chi connectivity index (χ4v) is 1.21. The standard InChI is InChI=1S/C8H17NO4S/c1-6(10)4-5-9-8(11)7(2)14(3,12)13/h6-7,10H,4-5H2,1-3H3,(H,9,11). The Morgan fingerprint density at radius 2 is 1.93 bits per heavy atom. The lowest BCUT2D eigenvalue weighted by atomic mass is 10.3. The third-order valence-corrected chi connectivity index (χ3v) is 3.37. The van der Waals surface area contributed by atoms with Crippen molar-refractivity contribution >= 4 is 15.7 Å². The average Bonchev–Trinajstić information content (AvgIpc) is 2.00. The number of nitrogens with one attached hydrogen (secondary N) is 1. The lowest BCUT2D eigenvalue weighted by Gasteiger charge is -2.10. The van der Waals surface area contributed by atoms with E-state index >= 15 is 0 Å². The maximum Gasteiger partial charge on any atom is 0.238 e. The number of aliphatic hydroxyl groups excluding tert-OH is 1. The largest absolute Gasteiger partial charge is 0.393 e. The Hall–Kier alpha value is -0.620. The fraction of sp³-hybridized carbons (Fsp3) is 0.875. The van der Waals surface area contributed by atoms with Gasteiger partial charge in [-0.2, -0.15) is 0 Å². The first kappa shape index (κ1) is 13.4. The first-order valence-electron chi connectivity index (χ1n) is 4.39. The predicted molar refractivity (Wildman–Crippen MR) is 53.6 cm³/mol. The number of rotatable bonds is 5. The maximum atomic E-state index is 11.2. The van der Waals surface area contributed by atoms with Crippen molar-refractivity contribution in [3.05, 3.63) is 0 Å². The molecule has 0 bridgehead atoms. The van der Waals surface area contributed by atoms with Gasteiger partial charge in [0.1, 0.15) is 5.25 Å². The van der Waals surface area contributed by atoms with Crippen LogP contribution in [-0.4, -0.2) is 43.6 Å². The Balaban J connectivity index is 3.98. The van der Waals surface area contributed by atoms with E-state index in [1.807, 2.05) is 0 Å². The van der Waals surface area contributed by atoms with Crippen LogP contribution in [0.25, 0.3) is 0 Å². The number of amides is 1. The molecule has 2 unspecified atom stereocenters. The maximum absolute atomic E-state index is 11.2. The Bertz CT molecular complexity index is 284. The summed E-state index contributed by atoms with van der Waals surface area (Å²) >= 11 is 0. The highest BCUT2D eigenvalue weighted by molar-refractivity contribution is 7.92. The first-order chi connectivity index (χ1) is 6.25. The van der Waals surface area contributed by atoms with Crippen LogP contribution in [0.15, 0.2) is 0 Å². The van der Waals surface area contributed by atoms with E-state index in [1.165, 1.54) is 6.92 Å². The van der Waals surface area contributed by atoms with Crippen molar-refractivity contribution in [2.24, 2.45) is 0 Å². The summed E-state index contributed by atoms with van der Waals surface area (Å²) in [7, 11) is -3.33. The van der Waals surface area contributed by atoms with Crippen LogP contribution >= 0.6 is 0 Å². The van der Waals surface area contributed by atoms with Gasteiger partial charge in [0.15, 0.2) is 9.84 Å². The Labute approximate surface area is 84.4 Å². The second-order valence-electron chi connectivity index (χ2n) is 3.40. The quantitative estimate of drug-likeness (QED) is 0.646. The van der Waals surface area contributed by atoms with Crippen molar-refractivity contribution in [1.82, 2.24) is 5.32 Å². The van der Waals surface area contributed by atoms with Gasteiger partial charge in [-0.25, -0.2) is 8.42 Å². The summed E-state index contributed by atoms with van der Waals surface area (Å²) in [6.45, 7) is 3.23. The fourth-order valence-electron chi connectivity index (χ4n) is 0.742. The van der Waals surface area contributed by atoms with Crippen LogP contribution in [-0.2, 0) is 14.6 Å². The molecule has 84 valence electrons. The van der Waals surface area contributed by atoms with Crippen LogP contribution in [0.1, 0.15) is 20.3 Å². The van der Waals surface area contributed by atoms with Gasteiger partial charge in [-0.05, 0) is 20.3 Å². The molecule has 0 aliphatic heterocycles. The molecule has 0 aromatic heterocycles. The van der Waals surface area contributed by atoms with E-state index in [-0.39, 0.29) is 6.54 Å². The first-order valence-corrected chi connectivity index (χ1v) is 6.35. The number of sulfone groups is 1. The van der Waals surface area contributed by atoms with Crippen LogP contribution in [0.2, 0.25) is 0 Å². The molecular weight excluding hydrogens is 206 g/mol. The second-order valence-corrected chi connectivity index (χ2v) is 5.77. The number of hydrogen-bond donors (Lipinski definition) is 2. The zero-order valence-corrected chi connectivity index (χ0v) is 9.47. The highest BCUT2D eigenvalue weighted by Gasteiger charge is 2.22. The molecule has 0 aromatic carbocycles. The zero-order valence-electron chi connectivity index (χ0n) is 8.65. The van der Waals surface area contributed by atoms with Gasteiger partial charge in [-0.15, -0.1) is 0 Å². The molecule has 0 saturated heterocycles. The van der Waals surface area contributed by atoms with Crippen molar-refractivity contribution < 1.29 is 18.3 Å². The van der Waals surface area contributed by atoms with Gasteiger partial charge in [-0.3, -0.25) is 4.79 Å². The Morgan fingerprint density at radius 1 is 1.43 bits per heavy atom. The van der Waals surface area contributed by atoms with Crippen LogP contribution in [0.3, 0.4) is 0 Å². The molecule has 0 heterocycles. The van der Waals surface area contributed by atoms with Crippen molar-refractivity contribution in [2.45, 2.75) is 31.6 Å². The summed E-state index contributed by atoms with van der Waals surface area (Å²) in [5, 5.41) is 10.3. The molecule has 0 radical (unpaired) electrons. The summed E-state index contributed by atoms with van der Waals surface area (Å²) in [5.41, 5.74) is 0. The zero-order chi connectivity index (χ0) is 11.4. The van der Waals surface area contributed by atoms with Gasteiger partial charge < -0.3 is 10.4 Å². The molecule has 0 fully saturated rings. The third kappa shape index (κ3) is 5.18. The molecule has 0 saturated carbocycles. The predicted octanol–water partition coefficient (Wildman–Crippen LogP) is -0.693. The van der Waals surface area contributed by atoms with E-state index in [4.69, 9.17) is 5.11 Å². The Kier molecular flexibility index (Phi) is 5.07. The highest BCUT2D eigenvalue weighted by Crippen LogP contribution is 1.97. The van der Waals surface area contributed by atoms with E-state index in [2.05, 4.69) is 5.32 Å². The summed E-state index contributed by atoms with van der Waals surface area (Å²) in [4.78, 5) is 11.2. The molecule has 5 nitrogen and oxygen atoms in total. The van der Waals surface area contributed by atoms with Crippen LogP contribution in [0.4, 0.5) is 0 Å². The van der Waals surface area contributed by atoms with Crippen molar-refractivity contribution in [2.75, 3.05) is 12.8 Å². The summed E-state index contributed by atoms with van der Waals surface area (Å²) in [5.74, 6) is -0.520. The lowest BCUT2D eigenvalue weighted by Crippen LogP contribution is -2.38. The number of carbonyl (C=O) groups excluding carboxylic acids is 1. The molecule has 14 heavy (non-hydrogen) atoms. The van der Waals surface area contributed by atoms with Gasteiger partial charge in [-0.1, -0.05) is 0 Å². The minimum absolute atomic E-state index is 0.288. The molecule has 0 rings (SSSR count). The molecular formula is C8H17NO4S. The highest BCUT2D eigenvalue weighted by atomic mass is 32.2. The van der Waals surface area contributed by atoms with E-state index < -0.39 is 27.1 Å². The van der Waals surface area contributed by atoms with E-state index in [0.29, 0.717) is 6.42 Å². The Morgan fingerprint density at radius 3 is 2.29 bits per heavy atom. The van der Waals surface area contributed by atoms with Crippen molar-refractivity contribution in [3.63, 3.8) is 0 Å². The van der Waals surface area contributed by atoms with Crippen LogP contribution in [0.5, 0.6) is 0 Å². The van der Waals surface area contributed by atoms with Gasteiger partial charge in [0.05, 0.1) is 6.10 Å². The topological polar surface area (TPSA) is 83.5 Å². The monoisotopic (exact) mass is 223 g/mol. The molecule has 0 aliphatic rings. The van der Waals surface area contributed by atoms with Gasteiger partial charge in [0.2, 0.25) is 5.91 Å². The van der Waals surface area contributed by atoms with Crippen LogP contribution < -0.4 is 5.32 Å². The molecule has 0 aliphatic carbocycles. The van der Waals surface area contributed by atoms with E-state index in [9.17, 15) is 13.2 Å². The molecule has 6 heteroatoms. The molecule has 1 amide bonds. The van der Waals surface area contributed by atoms with Gasteiger partial charge >= 0.3 is 0 Å². The van der Waals surface area contributed by atoms with Gasteiger partial charge in [0, 0.05) is 12.8 Å². The molecule has 0 spiro atoms. The molecule has 0 aromatic rings. The lowest BCUT2D eigenvalue weighted by molar-refractivity contribution is -0.120. The SMILES string of the molecule is CC(O)CCNC(=O)C(C)S(C)(=O)=O. The van der Waals surface area contributed by atoms with E-state index in [1.54, 1.807) is 6.92 Å². The third-order valence-electron chi connectivity index (χ3n) is 1.87. The van der Waals surface area contributed by atoms with Gasteiger partial charge in [0.25, 0.3) is 0 Å². The minimum Gasteiger partial charge on any atom is -0.393 e. The molecule has 2 atom stereocenters. The minimum atomic E-state index is -3.33. The summed E-state index contributed by atoms with van der Waals surface area (Å²) in [6, 6.07) is 0. The van der Waals surface area contributed by atoms with Crippen LogP contribution in [0, 0.1) is 0 Å². The summed E-state index contributed by atoms with van der Waals surface area (Å²) < 4.78 is 21.9. The number of hydrogen-bond acceptors (Lipinski definition) is 4. The second kappa shape index (κ2) is 5.31. The number of aliphatic hydroxyl groups is 1. The molecule has 2 N–H and O–H groups in total.